The van der Waals surface area contributed by atoms with Gasteiger partial charge in [-0.15, -0.1) is 0 Å². The summed E-state index contributed by atoms with van der Waals surface area (Å²) in [6.07, 6.45) is 4.46. The van der Waals surface area contributed by atoms with Gasteiger partial charge in [0, 0.05) is 75.0 Å². The molecule has 2 aromatic heterocycles. The van der Waals surface area contributed by atoms with Crippen molar-refractivity contribution < 1.29 is 65.2 Å². The van der Waals surface area contributed by atoms with Gasteiger partial charge < -0.3 is 19.6 Å². The lowest BCUT2D eigenvalue weighted by atomic mass is 10.3. The second-order valence-corrected chi connectivity index (χ2v) is 54.4. The summed E-state index contributed by atoms with van der Waals surface area (Å²) < 4.78 is 164. The van der Waals surface area contributed by atoms with E-state index in [0.717, 1.165) is 0 Å². The minimum absolute atomic E-state index is 0.0391. The van der Waals surface area contributed by atoms with Gasteiger partial charge >= 0.3 is 11.0 Å². The zero-order valence-corrected chi connectivity index (χ0v) is 33.7. The number of hydrogen-bond acceptors (Lipinski definition) is 19. The molecule has 0 spiro atoms. The first-order chi connectivity index (χ1) is 21.5. The van der Waals surface area contributed by atoms with Gasteiger partial charge in [-0.1, -0.05) is 5.16 Å². The van der Waals surface area contributed by atoms with Gasteiger partial charge in [0.1, 0.15) is 25.0 Å². The smallest absolute Gasteiger partial charge is 0.411 e. The Labute approximate surface area is 279 Å². The molecule has 0 aliphatic carbocycles. The van der Waals surface area contributed by atoms with Crippen molar-refractivity contribution in [3.05, 3.63) is 24.0 Å². The normalized spacial score (nSPS) is 14.8. The highest BCUT2D eigenvalue weighted by Crippen LogP contribution is 2.31. The Balaban J connectivity index is 2.55. The number of anilines is 1. The van der Waals surface area contributed by atoms with Gasteiger partial charge in [0.25, 0.3) is 0 Å². The van der Waals surface area contributed by atoms with E-state index in [2.05, 4.69) is 15.2 Å². The van der Waals surface area contributed by atoms with Crippen molar-refractivity contribution in [1.29, 1.82) is 0 Å². The van der Waals surface area contributed by atoms with Gasteiger partial charge in [0.2, 0.25) is 0 Å². The molecule has 28 heteroatoms. The van der Waals surface area contributed by atoms with Crippen LogP contribution in [0.2, 0.25) is 12.1 Å². The predicted molar refractivity (Wildman–Crippen MR) is 181 cm³/mol. The highest BCUT2D eigenvalue weighted by Gasteiger charge is 2.65. The Bertz CT molecular complexity index is 1970. The second-order valence-electron chi connectivity index (χ2n) is 10.9. The Morgan fingerprint density at radius 3 is 1.46 bits per heavy atom. The summed E-state index contributed by atoms with van der Waals surface area (Å²) in [6, 6.07) is 0.996. The van der Waals surface area contributed by atoms with Crippen LogP contribution in [0.5, 0.6) is 0 Å². The van der Waals surface area contributed by atoms with Crippen LogP contribution in [0.3, 0.4) is 0 Å². The summed E-state index contributed by atoms with van der Waals surface area (Å²) in [7, 11) is -28.0. The average Bonchev–Trinajstić information content (AvgIpc) is 3.35. The molecule has 48 heavy (non-hydrogen) atoms. The quantitative estimate of drug-likeness (QED) is 0.0417. The zero-order chi connectivity index (χ0) is 37.4. The van der Waals surface area contributed by atoms with Crippen LogP contribution in [0.25, 0.3) is 5.65 Å². The van der Waals surface area contributed by atoms with E-state index in [4.69, 9.17) is 9.47 Å². The summed E-state index contributed by atoms with van der Waals surface area (Å²) in [5.74, 6) is 0.0821. The minimum Gasteiger partial charge on any atom is -0.411 e. The lowest BCUT2D eigenvalue weighted by molar-refractivity contribution is 0.0947. The molecule has 0 fully saturated rings. The standard InChI is InChI=1S/C20H37N5O15S6Si2/c1-17(23-26)18-14-20(25-19(22-18)8-9-21-25)24(15-39-10-12-47(41(2,27)28,42(3,29)30)43(4,31)32)16-40-11-13-48(44(5,33)34,45(6,35)36)46(7,37)38/h8-9,14,26H,10-13,15-16H2,1-7H3/b23-17+. The molecule has 0 radical (unpaired) electrons. The molecule has 276 valence electrons. The molecule has 0 aliphatic rings. The van der Waals surface area contributed by atoms with E-state index in [0.29, 0.717) is 37.5 Å². The first-order valence-electron chi connectivity index (χ1n) is 13.1. The molecule has 0 unspecified atom stereocenters. The van der Waals surface area contributed by atoms with Gasteiger partial charge in [-0.2, -0.15) is 9.61 Å². The number of oxime groups is 1. The van der Waals surface area contributed by atoms with Gasteiger partial charge in [-0.05, 0) is 6.92 Å². The lowest BCUT2D eigenvalue weighted by Gasteiger charge is -2.28. The number of ether oxygens (including phenoxy) is 2. The molecule has 0 saturated carbocycles. The van der Waals surface area contributed by atoms with E-state index in [9.17, 15) is 55.7 Å². The van der Waals surface area contributed by atoms with Gasteiger partial charge in [-0.3, -0.25) is 0 Å². The molecule has 0 bridgehead atoms. The summed E-state index contributed by atoms with van der Waals surface area (Å²) in [5, 5.41) is 16.5. The molecule has 0 aromatic carbocycles. The first-order valence-corrected chi connectivity index (χ1v) is 33.2. The number of aromatic nitrogens is 3. The Kier molecular flexibility index (Phi) is 12.5. The molecule has 2 rings (SSSR count). The summed E-state index contributed by atoms with van der Waals surface area (Å²) in [5.41, 5.74) is -10.1. The molecule has 1 N–H and O–H groups in total. The maximum atomic E-state index is 12.7. The third kappa shape index (κ3) is 8.11. The van der Waals surface area contributed by atoms with Crippen LogP contribution in [-0.2, 0) is 65.2 Å². The molecule has 0 atom stereocenters. The van der Waals surface area contributed by atoms with E-state index >= 15 is 0 Å². The third-order valence-corrected chi connectivity index (χ3v) is 72.3. The monoisotopic (exact) mass is 835 g/mol. The van der Waals surface area contributed by atoms with Crippen LogP contribution < -0.4 is 4.90 Å². The van der Waals surface area contributed by atoms with Crippen molar-refractivity contribution in [1.82, 2.24) is 14.6 Å². The van der Waals surface area contributed by atoms with Crippen molar-refractivity contribution in [2.75, 3.05) is 69.1 Å². The SMILES string of the molecule is C/C(=N\O)c1cc(N(COCC[Si](S(C)(=O)=O)(S(C)(=O)=O)S(C)(=O)=O)COCC[Si](S(C)(=O)=O)(S(C)(=O)=O)S(C)(=O)=O)n2nccc2n1. The number of nitrogens with zero attached hydrogens (tertiary/aromatic N) is 5. The molecule has 0 amide bonds. The van der Waals surface area contributed by atoms with Gasteiger partial charge in [0.05, 0.1) is 11.9 Å². The second kappa shape index (κ2) is 14.3. The summed E-state index contributed by atoms with van der Waals surface area (Å²) in [6.45, 7) is -1.20. The molecular formula is C20H37N5O15S6Si2. The highest BCUT2D eigenvalue weighted by atomic mass is 32.8. The minimum atomic E-state index is -5.21. The highest BCUT2D eigenvalue weighted by molar-refractivity contribution is 8.74. The van der Waals surface area contributed by atoms with Crippen LogP contribution in [0, 0.1) is 0 Å². The molecule has 0 aliphatic heterocycles. The van der Waals surface area contributed by atoms with E-state index < -0.39 is 106 Å². The van der Waals surface area contributed by atoms with E-state index in [-0.39, 0.29) is 22.9 Å². The van der Waals surface area contributed by atoms with Crippen molar-refractivity contribution in [3.8, 4) is 0 Å². The van der Waals surface area contributed by atoms with E-state index in [1.165, 1.54) is 34.7 Å². The van der Waals surface area contributed by atoms with Crippen LogP contribution >= 0.6 is 0 Å². The number of rotatable bonds is 18. The fraction of sp³-hybridized carbons (Fsp3) is 0.650. The predicted octanol–water partition coefficient (Wildman–Crippen LogP) is -2.17. The third-order valence-electron chi connectivity index (χ3n) is 7.17. The molecular weight excluding hydrogens is 799 g/mol. The summed E-state index contributed by atoms with van der Waals surface area (Å²) >= 11 is 0. The lowest BCUT2D eigenvalue weighted by Crippen LogP contribution is -2.58. The largest absolute Gasteiger partial charge is 0.454 e. The van der Waals surface area contributed by atoms with Crippen LogP contribution in [0.15, 0.2) is 23.5 Å². The Morgan fingerprint density at radius 1 is 0.750 bits per heavy atom. The average molecular weight is 836 g/mol. The molecule has 2 heterocycles. The molecule has 2 aromatic rings. The fourth-order valence-electron chi connectivity index (χ4n) is 5.03. The molecule has 0 saturated heterocycles. The van der Waals surface area contributed by atoms with Crippen molar-refractivity contribution >= 4 is 83.9 Å². The molecule has 20 nitrogen and oxygen atoms in total. The van der Waals surface area contributed by atoms with Gasteiger partial charge in [0.15, 0.2) is 61.4 Å². The van der Waals surface area contributed by atoms with Crippen molar-refractivity contribution in [2.45, 2.75) is 19.0 Å². The maximum Gasteiger partial charge on any atom is 0.454 e. The Morgan fingerprint density at radius 2 is 1.12 bits per heavy atom. The fourth-order valence-corrected chi connectivity index (χ4v) is 59.1. The van der Waals surface area contributed by atoms with Crippen LogP contribution in [0.1, 0.15) is 12.6 Å². The van der Waals surface area contributed by atoms with Crippen molar-refractivity contribution in [2.24, 2.45) is 5.16 Å². The maximum absolute atomic E-state index is 12.7. The van der Waals surface area contributed by atoms with Crippen LogP contribution in [-0.4, -0.2) is 151 Å². The van der Waals surface area contributed by atoms with E-state index in [1.54, 1.807) is 0 Å². The number of hydrogen-bond donors (Lipinski definition) is 1. The van der Waals surface area contributed by atoms with Crippen molar-refractivity contribution in [3.63, 3.8) is 0 Å². The van der Waals surface area contributed by atoms with E-state index in [1.807, 2.05) is 0 Å². The zero-order valence-electron chi connectivity index (χ0n) is 26.8. The van der Waals surface area contributed by atoms with Gasteiger partial charge in [-0.25, -0.2) is 55.5 Å². The Hall–Kier alpha value is -2.06. The first kappa shape index (κ1) is 42.1. The number of fused-ring (bicyclic) bond motifs is 1. The van der Waals surface area contributed by atoms with Crippen LogP contribution in [0.4, 0.5) is 5.82 Å². The summed E-state index contributed by atoms with van der Waals surface area (Å²) in [4.78, 5) is 5.49. The topological polar surface area (TPSA) is 289 Å².